The van der Waals surface area contributed by atoms with Gasteiger partial charge in [-0.25, -0.2) is 12.7 Å². The Bertz CT molecular complexity index is 1780. The number of nitrogens with zero attached hydrogens (tertiary/aromatic N) is 4. The predicted molar refractivity (Wildman–Crippen MR) is 172 cm³/mol. The molecule has 0 bridgehead atoms. The standard InChI is InChI=1S/C29H38F2N5O9PS2/c1-17(37)34-11-8-21-5-6-23(28(40)33(2)20-9-12-35(13-10-20)48(3,44)45)36(21)27(39)22(16-34)32-26(38)25-15-18-14-19(4-7-24(18)47-25)29(30,31)46(41,42)43/h4,7,14-15,20-23H,5-6,8-13,16H2,1-3H3,(H,32,38)(H2,41,42,43)/t21-,22?,23+/m1/s1. The lowest BCUT2D eigenvalue weighted by Gasteiger charge is -2.41. The molecule has 264 valence electrons. The van der Waals surface area contributed by atoms with E-state index in [1.54, 1.807) is 11.9 Å². The van der Waals surface area contributed by atoms with E-state index in [4.69, 9.17) is 9.79 Å². The van der Waals surface area contributed by atoms with Crippen molar-refractivity contribution >= 4 is 62.7 Å². The predicted octanol–water partition coefficient (Wildman–Crippen LogP) is 1.72. The van der Waals surface area contributed by atoms with Crippen LogP contribution >= 0.6 is 18.9 Å². The van der Waals surface area contributed by atoms with E-state index < -0.39 is 52.7 Å². The third kappa shape index (κ3) is 7.14. The summed E-state index contributed by atoms with van der Waals surface area (Å²) < 4.78 is 65.7. The van der Waals surface area contributed by atoms with Gasteiger partial charge >= 0.3 is 13.3 Å². The van der Waals surface area contributed by atoms with Gasteiger partial charge in [-0.3, -0.25) is 23.7 Å². The van der Waals surface area contributed by atoms with Crippen molar-refractivity contribution in [3.63, 3.8) is 0 Å². The van der Waals surface area contributed by atoms with Gasteiger partial charge in [-0.1, -0.05) is 6.07 Å². The lowest BCUT2D eigenvalue weighted by molar-refractivity contribution is -0.149. The Morgan fingerprint density at radius 3 is 2.33 bits per heavy atom. The molecule has 1 unspecified atom stereocenters. The average molecular weight is 734 g/mol. The minimum absolute atomic E-state index is 0.0386. The van der Waals surface area contributed by atoms with Gasteiger partial charge in [0, 0.05) is 62.5 Å². The minimum atomic E-state index is -5.81. The second-order valence-corrected chi connectivity index (χ2v) is 17.3. The Morgan fingerprint density at radius 2 is 1.73 bits per heavy atom. The van der Waals surface area contributed by atoms with Crippen molar-refractivity contribution in [2.24, 2.45) is 0 Å². The number of thiophene rings is 1. The molecule has 2 aromatic rings. The van der Waals surface area contributed by atoms with Crippen LogP contribution in [0.2, 0.25) is 0 Å². The molecule has 3 N–H and O–H groups in total. The summed E-state index contributed by atoms with van der Waals surface area (Å²) in [6.07, 6.45) is 3.35. The van der Waals surface area contributed by atoms with E-state index in [1.165, 1.54) is 33.2 Å². The molecule has 0 aliphatic carbocycles. The Balaban J connectivity index is 1.36. The molecule has 4 amide bonds. The first-order valence-electron chi connectivity index (χ1n) is 15.4. The molecule has 3 saturated heterocycles. The number of halogens is 2. The summed E-state index contributed by atoms with van der Waals surface area (Å²) in [5, 5.41) is 2.82. The highest BCUT2D eigenvalue weighted by molar-refractivity contribution is 7.88. The molecule has 1 aromatic carbocycles. The number of carbonyl (C=O) groups excluding carboxylic acids is 4. The number of amides is 4. The topological polar surface area (TPSA) is 185 Å². The van der Waals surface area contributed by atoms with Crippen molar-refractivity contribution in [1.82, 2.24) is 24.3 Å². The van der Waals surface area contributed by atoms with Crippen LogP contribution < -0.4 is 5.32 Å². The summed E-state index contributed by atoms with van der Waals surface area (Å²) >= 11 is 0.926. The van der Waals surface area contributed by atoms with Crippen LogP contribution in [0.3, 0.4) is 0 Å². The number of hydrogen-bond donors (Lipinski definition) is 3. The second-order valence-electron chi connectivity index (χ2n) is 12.6. The van der Waals surface area contributed by atoms with E-state index in [1.807, 2.05) is 0 Å². The molecule has 3 aliphatic heterocycles. The number of alkyl halides is 2. The van der Waals surface area contributed by atoms with Crippen molar-refractivity contribution in [1.29, 1.82) is 0 Å². The van der Waals surface area contributed by atoms with Gasteiger partial charge in [-0.2, -0.15) is 8.78 Å². The van der Waals surface area contributed by atoms with E-state index >= 15 is 0 Å². The molecule has 3 atom stereocenters. The Morgan fingerprint density at radius 1 is 1.06 bits per heavy atom. The molecule has 0 spiro atoms. The molecule has 0 saturated carbocycles. The van der Waals surface area contributed by atoms with Gasteiger partial charge in [0.2, 0.25) is 27.7 Å². The third-order valence-electron chi connectivity index (χ3n) is 9.47. The summed E-state index contributed by atoms with van der Waals surface area (Å²) in [6, 6.07) is 1.62. The van der Waals surface area contributed by atoms with E-state index in [-0.39, 0.29) is 60.3 Å². The molecular formula is C29H38F2N5O9PS2. The fraction of sp³-hybridized carbons (Fsp3) is 0.586. The number of hydrogen-bond acceptors (Lipinski definition) is 8. The number of piperidine rings is 1. The quantitative estimate of drug-likeness (QED) is 0.357. The van der Waals surface area contributed by atoms with Gasteiger partial charge in [0.05, 0.1) is 11.1 Å². The first-order chi connectivity index (χ1) is 22.3. The van der Waals surface area contributed by atoms with Gasteiger partial charge in [0.15, 0.2) is 0 Å². The van der Waals surface area contributed by atoms with Crippen LogP contribution in [0.15, 0.2) is 24.3 Å². The normalized spacial score (nSPS) is 23.5. The number of fused-ring (bicyclic) bond motifs is 2. The summed E-state index contributed by atoms with van der Waals surface area (Å²) in [6.45, 7) is 2.03. The van der Waals surface area contributed by atoms with Crippen LogP contribution in [-0.2, 0) is 34.6 Å². The molecular weight excluding hydrogens is 695 g/mol. The van der Waals surface area contributed by atoms with E-state index in [0.717, 1.165) is 29.7 Å². The molecule has 0 radical (unpaired) electrons. The Hall–Kier alpha value is -3.02. The van der Waals surface area contributed by atoms with Crippen LogP contribution in [0.1, 0.15) is 54.3 Å². The van der Waals surface area contributed by atoms with Crippen LogP contribution in [0.4, 0.5) is 8.78 Å². The fourth-order valence-electron chi connectivity index (χ4n) is 6.73. The Labute approximate surface area is 280 Å². The van der Waals surface area contributed by atoms with Crippen LogP contribution in [0.25, 0.3) is 10.1 Å². The summed E-state index contributed by atoms with van der Waals surface area (Å²) in [5.74, 6) is -1.86. The highest BCUT2D eigenvalue weighted by Crippen LogP contribution is 2.59. The van der Waals surface area contributed by atoms with Crippen molar-refractivity contribution < 1.29 is 50.7 Å². The van der Waals surface area contributed by atoms with Crippen LogP contribution in [0, 0.1) is 0 Å². The monoisotopic (exact) mass is 733 g/mol. The zero-order valence-electron chi connectivity index (χ0n) is 26.5. The lowest BCUT2D eigenvalue weighted by atomic mass is 10.0. The molecule has 14 nitrogen and oxygen atoms in total. The molecule has 4 heterocycles. The number of nitrogens with one attached hydrogen (secondary N) is 1. The first-order valence-corrected chi connectivity index (χ1v) is 19.6. The van der Waals surface area contributed by atoms with Crippen molar-refractivity contribution in [3.8, 4) is 0 Å². The molecule has 19 heteroatoms. The number of rotatable bonds is 7. The second kappa shape index (κ2) is 13.4. The number of carbonyl (C=O) groups is 4. The third-order valence-corrected chi connectivity index (χ3v) is 12.9. The van der Waals surface area contributed by atoms with Gasteiger partial charge in [-0.05, 0) is 55.7 Å². The van der Waals surface area contributed by atoms with E-state index in [0.29, 0.717) is 36.8 Å². The van der Waals surface area contributed by atoms with Crippen LogP contribution in [-0.4, -0.2) is 124 Å². The molecule has 1 aromatic heterocycles. The minimum Gasteiger partial charge on any atom is -0.341 e. The molecule has 5 rings (SSSR count). The largest absolute Gasteiger partial charge is 0.399 e. The average Bonchev–Trinajstić information content (AvgIpc) is 3.63. The molecule has 3 aliphatic rings. The Kier molecular flexibility index (Phi) is 10.1. The number of sulfonamides is 1. The van der Waals surface area contributed by atoms with Gasteiger partial charge in [0.25, 0.3) is 5.91 Å². The highest BCUT2D eigenvalue weighted by atomic mass is 32.2. The summed E-state index contributed by atoms with van der Waals surface area (Å²) in [5.41, 5.74) is -5.35. The molecule has 48 heavy (non-hydrogen) atoms. The zero-order chi connectivity index (χ0) is 35.3. The van der Waals surface area contributed by atoms with Crippen LogP contribution in [0.5, 0.6) is 0 Å². The zero-order valence-corrected chi connectivity index (χ0v) is 29.1. The van der Waals surface area contributed by atoms with E-state index in [9.17, 15) is 40.9 Å². The molecule has 3 fully saturated rings. The van der Waals surface area contributed by atoms with Crippen molar-refractivity contribution in [3.05, 3.63) is 34.7 Å². The maximum atomic E-state index is 14.3. The van der Waals surface area contributed by atoms with Gasteiger partial charge in [0.1, 0.15) is 12.1 Å². The maximum absolute atomic E-state index is 14.3. The SMILES string of the molecule is CC(=O)N1CC[C@H]2CC[C@@H](C(=O)N(C)C3CCN(S(C)(=O)=O)CC3)N2C(=O)C(NC(=O)c2cc3cc(C(F)(F)P(=O)(O)O)ccc3s2)C1. The highest BCUT2D eigenvalue weighted by Gasteiger charge is 2.50. The summed E-state index contributed by atoms with van der Waals surface area (Å²) in [7, 11) is -7.52. The fourth-order valence-corrected chi connectivity index (χ4v) is 9.02. The van der Waals surface area contributed by atoms with Gasteiger partial charge < -0.3 is 29.8 Å². The lowest BCUT2D eigenvalue weighted by Crippen LogP contribution is -2.61. The van der Waals surface area contributed by atoms with Gasteiger partial charge in [-0.15, -0.1) is 11.3 Å². The van der Waals surface area contributed by atoms with E-state index in [2.05, 4.69) is 5.32 Å². The van der Waals surface area contributed by atoms with Crippen molar-refractivity contribution in [2.75, 3.05) is 39.5 Å². The van der Waals surface area contributed by atoms with Crippen molar-refractivity contribution in [2.45, 2.75) is 68.9 Å². The smallest absolute Gasteiger partial charge is 0.341 e. The maximum Gasteiger partial charge on any atom is 0.399 e. The number of likely N-dealkylation sites (N-methyl/N-ethyl adjacent to an activating group) is 1. The first kappa shape index (κ1) is 36.3. The summed E-state index contributed by atoms with van der Waals surface area (Å²) in [4.78, 5) is 76.8. The number of benzene rings is 1.